The molecule has 0 aliphatic heterocycles. The number of aryl methyl sites for hydroxylation is 1. The van der Waals surface area contributed by atoms with E-state index in [1.807, 2.05) is 20.8 Å². The number of anilines is 1. The van der Waals surface area contributed by atoms with Gasteiger partial charge in [0.2, 0.25) is 21.9 Å². The third-order valence-electron chi connectivity index (χ3n) is 2.21. The van der Waals surface area contributed by atoms with Gasteiger partial charge in [0.15, 0.2) is 0 Å². The first-order valence-electron chi connectivity index (χ1n) is 6.56. The molecule has 0 saturated carbocycles. The van der Waals surface area contributed by atoms with Gasteiger partial charge in [-0.05, 0) is 20.8 Å². The Bertz CT molecular complexity index is 532. The molecular weight excluding hydrogens is 280 g/mol. The summed E-state index contributed by atoms with van der Waals surface area (Å²) in [6, 6.07) is 1.74. The number of rotatable bonds is 8. The lowest BCUT2D eigenvalue weighted by atomic mass is 10.4. The van der Waals surface area contributed by atoms with Crippen LogP contribution < -0.4 is 14.8 Å². The van der Waals surface area contributed by atoms with E-state index in [9.17, 15) is 8.42 Å². The molecule has 20 heavy (non-hydrogen) atoms. The molecule has 0 spiro atoms. The Morgan fingerprint density at radius 1 is 1.35 bits per heavy atom. The molecule has 0 bridgehead atoms. The van der Waals surface area contributed by atoms with Crippen LogP contribution in [-0.2, 0) is 10.0 Å². The summed E-state index contributed by atoms with van der Waals surface area (Å²) in [5.41, 5.74) is 0.757. The molecule has 0 aliphatic carbocycles. The maximum absolute atomic E-state index is 11.5. The number of nitrogens with one attached hydrogen (secondary N) is 2. The Hall–Kier alpha value is -1.41. The van der Waals surface area contributed by atoms with E-state index in [1.165, 1.54) is 0 Å². The van der Waals surface area contributed by atoms with Gasteiger partial charge in [-0.25, -0.2) is 18.1 Å². The normalized spacial score (nSPS) is 11.7. The first kappa shape index (κ1) is 16.6. The van der Waals surface area contributed by atoms with Crippen LogP contribution in [0.2, 0.25) is 0 Å². The van der Waals surface area contributed by atoms with Crippen LogP contribution in [0.3, 0.4) is 0 Å². The molecule has 0 aromatic carbocycles. The maximum atomic E-state index is 11.5. The quantitative estimate of drug-likeness (QED) is 0.742. The Balaban J connectivity index is 2.62. The van der Waals surface area contributed by atoms with E-state index in [0.29, 0.717) is 18.4 Å². The second-order valence-corrected chi connectivity index (χ2v) is 6.51. The smallest absolute Gasteiger partial charge is 0.226 e. The van der Waals surface area contributed by atoms with Crippen molar-refractivity contribution in [1.29, 1.82) is 0 Å². The van der Waals surface area contributed by atoms with Crippen LogP contribution in [-0.4, -0.2) is 43.3 Å². The van der Waals surface area contributed by atoms with E-state index in [1.54, 1.807) is 13.0 Å². The molecule has 0 saturated heterocycles. The van der Waals surface area contributed by atoms with Gasteiger partial charge in [-0.3, -0.25) is 0 Å². The second kappa shape index (κ2) is 7.39. The van der Waals surface area contributed by atoms with E-state index in [-0.39, 0.29) is 18.4 Å². The van der Waals surface area contributed by atoms with Crippen LogP contribution in [0.1, 0.15) is 26.5 Å². The summed E-state index contributed by atoms with van der Waals surface area (Å²) < 4.78 is 30.9. The summed E-state index contributed by atoms with van der Waals surface area (Å²) >= 11 is 0. The molecule has 0 amide bonds. The molecule has 8 heteroatoms. The van der Waals surface area contributed by atoms with Crippen LogP contribution in [0.5, 0.6) is 5.88 Å². The van der Waals surface area contributed by atoms with Crippen molar-refractivity contribution in [3.8, 4) is 5.88 Å². The molecule has 7 nitrogen and oxygen atoms in total. The Morgan fingerprint density at radius 3 is 2.65 bits per heavy atom. The van der Waals surface area contributed by atoms with Crippen LogP contribution >= 0.6 is 0 Å². The first-order chi connectivity index (χ1) is 9.32. The largest absolute Gasteiger partial charge is 0.475 e. The molecule has 1 rings (SSSR count). The van der Waals surface area contributed by atoms with Crippen LogP contribution in [0.25, 0.3) is 0 Å². The van der Waals surface area contributed by atoms with Crippen molar-refractivity contribution in [3.63, 3.8) is 0 Å². The number of aromatic nitrogens is 2. The van der Waals surface area contributed by atoms with E-state index >= 15 is 0 Å². The van der Waals surface area contributed by atoms with Gasteiger partial charge in [0, 0.05) is 24.8 Å². The summed E-state index contributed by atoms with van der Waals surface area (Å²) in [4.78, 5) is 8.37. The van der Waals surface area contributed by atoms with Gasteiger partial charge in [0.05, 0.1) is 11.9 Å². The minimum absolute atomic E-state index is 0.0197. The highest BCUT2D eigenvalue weighted by Crippen LogP contribution is 2.13. The van der Waals surface area contributed by atoms with Gasteiger partial charge in [-0.2, -0.15) is 4.98 Å². The highest BCUT2D eigenvalue weighted by atomic mass is 32.2. The predicted molar refractivity (Wildman–Crippen MR) is 78.5 cm³/mol. The molecule has 0 unspecified atom stereocenters. The van der Waals surface area contributed by atoms with E-state index in [2.05, 4.69) is 20.0 Å². The van der Waals surface area contributed by atoms with E-state index in [4.69, 9.17) is 4.74 Å². The topological polar surface area (TPSA) is 93.2 Å². The monoisotopic (exact) mass is 302 g/mol. The number of hydrogen-bond acceptors (Lipinski definition) is 6. The lowest BCUT2D eigenvalue weighted by molar-refractivity contribution is 0.232. The molecule has 0 atom stereocenters. The van der Waals surface area contributed by atoms with Crippen molar-refractivity contribution in [2.24, 2.45) is 0 Å². The Labute approximate surface area is 120 Å². The molecule has 1 aromatic heterocycles. The van der Waals surface area contributed by atoms with Gasteiger partial charge in [0.1, 0.15) is 0 Å². The SMILES string of the molecule is CCNS(=O)(=O)CCNc1nc(C)cc(OC(C)C)n1. The van der Waals surface area contributed by atoms with Crippen molar-refractivity contribution in [2.75, 3.05) is 24.2 Å². The Morgan fingerprint density at radius 2 is 2.05 bits per heavy atom. The minimum Gasteiger partial charge on any atom is -0.475 e. The molecule has 114 valence electrons. The molecule has 2 N–H and O–H groups in total. The highest BCUT2D eigenvalue weighted by Gasteiger charge is 2.09. The Kier molecular flexibility index (Phi) is 6.15. The number of nitrogens with zero attached hydrogens (tertiary/aromatic N) is 2. The molecule has 0 radical (unpaired) electrons. The zero-order chi connectivity index (χ0) is 15.2. The van der Waals surface area contributed by atoms with Crippen LogP contribution in [0.15, 0.2) is 6.07 Å². The second-order valence-electron chi connectivity index (χ2n) is 4.58. The zero-order valence-corrected chi connectivity index (χ0v) is 13.1. The van der Waals surface area contributed by atoms with Gasteiger partial charge < -0.3 is 10.1 Å². The van der Waals surface area contributed by atoms with Gasteiger partial charge >= 0.3 is 0 Å². The lowest BCUT2D eigenvalue weighted by Gasteiger charge is -2.11. The van der Waals surface area contributed by atoms with Crippen molar-refractivity contribution in [2.45, 2.75) is 33.8 Å². The predicted octanol–water partition coefficient (Wildman–Crippen LogP) is 0.923. The van der Waals surface area contributed by atoms with Crippen molar-refractivity contribution < 1.29 is 13.2 Å². The fraction of sp³-hybridized carbons (Fsp3) is 0.667. The minimum atomic E-state index is -3.24. The number of sulfonamides is 1. The summed E-state index contributed by atoms with van der Waals surface area (Å²) in [6.07, 6.45) is 0.0197. The summed E-state index contributed by atoms with van der Waals surface area (Å²) in [6.45, 7) is 8.01. The standard InChI is InChI=1S/C12H22N4O3S/c1-5-14-20(17,18)7-6-13-12-15-10(4)8-11(16-12)19-9(2)3/h8-9,14H,5-7H2,1-4H3,(H,13,15,16). The fourth-order valence-corrected chi connectivity index (χ4v) is 2.46. The maximum Gasteiger partial charge on any atom is 0.226 e. The van der Waals surface area contributed by atoms with Gasteiger partial charge in [0.25, 0.3) is 0 Å². The first-order valence-corrected chi connectivity index (χ1v) is 8.21. The van der Waals surface area contributed by atoms with Crippen molar-refractivity contribution in [3.05, 3.63) is 11.8 Å². The van der Waals surface area contributed by atoms with Gasteiger partial charge in [-0.15, -0.1) is 0 Å². The van der Waals surface area contributed by atoms with Crippen molar-refractivity contribution in [1.82, 2.24) is 14.7 Å². The molecule has 1 aromatic rings. The van der Waals surface area contributed by atoms with E-state index in [0.717, 1.165) is 5.69 Å². The van der Waals surface area contributed by atoms with Crippen LogP contribution in [0.4, 0.5) is 5.95 Å². The summed E-state index contributed by atoms with van der Waals surface area (Å²) in [5, 5.41) is 2.89. The third kappa shape index (κ3) is 6.16. The average molecular weight is 302 g/mol. The van der Waals surface area contributed by atoms with E-state index < -0.39 is 10.0 Å². The molecule has 0 fully saturated rings. The summed E-state index contributed by atoms with van der Waals surface area (Å²) in [5.74, 6) is 0.815. The molecule has 0 aliphatic rings. The zero-order valence-electron chi connectivity index (χ0n) is 12.3. The van der Waals surface area contributed by atoms with Crippen LogP contribution in [0, 0.1) is 6.92 Å². The number of ether oxygens (including phenoxy) is 1. The number of hydrogen-bond donors (Lipinski definition) is 2. The third-order valence-corrected chi connectivity index (χ3v) is 3.68. The van der Waals surface area contributed by atoms with Crippen molar-refractivity contribution >= 4 is 16.0 Å². The highest BCUT2D eigenvalue weighted by molar-refractivity contribution is 7.89. The average Bonchev–Trinajstić information content (AvgIpc) is 2.26. The fourth-order valence-electron chi connectivity index (χ4n) is 1.51. The summed E-state index contributed by atoms with van der Waals surface area (Å²) in [7, 11) is -3.24. The van der Waals surface area contributed by atoms with Gasteiger partial charge in [-0.1, -0.05) is 6.92 Å². The molecule has 1 heterocycles. The molecular formula is C12H22N4O3S. The lowest BCUT2D eigenvalue weighted by Crippen LogP contribution is -2.29.